The second-order valence-electron chi connectivity index (χ2n) is 12.3. The number of carbonyl (C=O) groups excluding carboxylic acids is 4. The van der Waals surface area contributed by atoms with Crippen molar-refractivity contribution in [2.75, 3.05) is 31.1 Å². The van der Waals surface area contributed by atoms with Gasteiger partial charge in [-0.25, -0.2) is 0 Å². The van der Waals surface area contributed by atoms with Crippen LogP contribution in [-0.2, 0) is 28.7 Å². The van der Waals surface area contributed by atoms with Gasteiger partial charge in [-0.05, 0) is 49.8 Å². The molecule has 0 radical (unpaired) electrons. The number of anilines is 1. The third-order valence-corrected chi connectivity index (χ3v) is 9.42. The van der Waals surface area contributed by atoms with E-state index in [9.17, 15) is 24.3 Å². The van der Waals surface area contributed by atoms with Gasteiger partial charge in [-0.3, -0.25) is 19.2 Å². The number of para-hydroxylation sites is 1. The van der Waals surface area contributed by atoms with E-state index in [0.717, 1.165) is 16.8 Å². The maximum Gasteiger partial charge on any atom is 0.313 e. The summed E-state index contributed by atoms with van der Waals surface area (Å²) in [6.45, 7) is 11.2. The molecule has 3 amide bonds. The Morgan fingerprint density at radius 3 is 2.50 bits per heavy atom. The Hall–Kier alpha value is -4.28. The van der Waals surface area contributed by atoms with Crippen LogP contribution in [0, 0.1) is 25.7 Å². The summed E-state index contributed by atoms with van der Waals surface area (Å²) in [7, 11) is 0. The van der Waals surface area contributed by atoms with Gasteiger partial charge in [-0.1, -0.05) is 60.7 Å². The van der Waals surface area contributed by atoms with Gasteiger partial charge in [0.25, 0.3) is 5.91 Å². The predicted octanol–water partition coefficient (Wildman–Crippen LogP) is 3.56. The summed E-state index contributed by atoms with van der Waals surface area (Å²) in [6, 6.07) is 13.8. The number of β-amino-alcohol motifs (C(OH)–C–C–N with tert-alkyl or cyclic N) is 1. The summed E-state index contributed by atoms with van der Waals surface area (Å²) < 4.78 is 12.6. The van der Waals surface area contributed by atoms with Crippen LogP contribution < -0.4 is 10.2 Å². The topological polar surface area (TPSA) is 125 Å². The van der Waals surface area contributed by atoms with Crippen LogP contribution in [0.1, 0.15) is 48.5 Å². The van der Waals surface area contributed by atoms with Gasteiger partial charge in [0.05, 0.1) is 31.1 Å². The molecule has 3 aliphatic heterocycles. The van der Waals surface area contributed by atoms with E-state index >= 15 is 0 Å². The number of likely N-dealkylation sites (tertiary alicyclic amines) is 1. The van der Waals surface area contributed by atoms with Crippen molar-refractivity contribution < 1.29 is 33.8 Å². The van der Waals surface area contributed by atoms with E-state index in [1.165, 1.54) is 4.90 Å². The SMILES string of the molecule is C=CCCC(=O)NC[C@@H](OC(=O)[C@@H]1[C@@H]2CC[C@]3(O2)[C@H](C(=O)N(CC=C)c2c(C)cccc2C)N(CCO)C(=O)[C@@H]13)c1ccccc1. The third kappa shape index (κ3) is 5.99. The van der Waals surface area contributed by atoms with E-state index in [1.54, 1.807) is 17.1 Å². The minimum atomic E-state index is -1.26. The zero-order chi connectivity index (χ0) is 33.0. The first-order chi connectivity index (χ1) is 22.2. The van der Waals surface area contributed by atoms with E-state index in [4.69, 9.17) is 9.47 Å². The Kier molecular flexibility index (Phi) is 10.1. The number of benzene rings is 2. The average molecular weight is 630 g/mol. The summed E-state index contributed by atoms with van der Waals surface area (Å²) in [5.41, 5.74) is 1.95. The molecule has 244 valence electrons. The molecule has 10 nitrogen and oxygen atoms in total. The molecular formula is C36H43N3O7. The Morgan fingerprint density at radius 1 is 1.13 bits per heavy atom. The normalized spacial score (nSPS) is 25.1. The lowest BCUT2D eigenvalue weighted by molar-refractivity contribution is -0.160. The fourth-order valence-corrected chi connectivity index (χ4v) is 7.49. The van der Waals surface area contributed by atoms with E-state index in [0.29, 0.717) is 24.8 Å². The lowest BCUT2D eigenvalue weighted by Gasteiger charge is -2.37. The molecule has 0 saturated carbocycles. The van der Waals surface area contributed by atoms with Gasteiger partial charge in [0.1, 0.15) is 17.7 Å². The Morgan fingerprint density at radius 2 is 1.85 bits per heavy atom. The summed E-state index contributed by atoms with van der Waals surface area (Å²) in [5, 5.41) is 12.8. The molecule has 0 aliphatic carbocycles. The van der Waals surface area contributed by atoms with Gasteiger partial charge in [0, 0.05) is 25.2 Å². The summed E-state index contributed by atoms with van der Waals surface area (Å²) in [6.07, 6.45) is 3.55. The van der Waals surface area contributed by atoms with Crippen LogP contribution in [0.3, 0.4) is 0 Å². The van der Waals surface area contributed by atoms with E-state index in [-0.39, 0.29) is 44.5 Å². The van der Waals surface area contributed by atoms with Crippen molar-refractivity contribution in [1.29, 1.82) is 0 Å². The van der Waals surface area contributed by atoms with E-state index < -0.39 is 47.6 Å². The van der Waals surface area contributed by atoms with Crippen molar-refractivity contribution in [3.05, 3.63) is 90.5 Å². The van der Waals surface area contributed by atoms with Crippen molar-refractivity contribution in [2.45, 2.75) is 63.4 Å². The standard InChI is InChI=1S/C36H43N3O7/c1-5-7-16-28(41)37-22-27(25-14-9-8-10-15-25)45-35(44)29-26-17-18-36(46-26)30(29)33(42)39(20-21-40)32(36)34(43)38(19-6-2)31-23(3)12-11-13-24(31)4/h5-6,8-15,26-27,29-30,32,40H,1-2,7,16-22H2,3-4H3,(H,37,41)/t26-,27+,29+,30+,32-,36+/m0/s1. The monoisotopic (exact) mass is 629 g/mol. The number of rotatable bonds is 14. The molecule has 0 unspecified atom stereocenters. The highest BCUT2D eigenvalue weighted by Gasteiger charge is 2.75. The molecule has 46 heavy (non-hydrogen) atoms. The Labute approximate surface area is 270 Å². The fraction of sp³-hybridized carbons (Fsp3) is 0.444. The molecule has 2 aromatic rings. The smallest absolute Gasteiger partial charge is 0.313 e. The molecule has 0 aromatic heterocycles. The quantitative estimate of drug-likeness (QED) is 0.242. The van der Waals surface area contributed by atoms with Gasteiger partial charge in [0.2, 0.25) is 11.8 Å². The van der Waals surface area contributed by atoms with Crippen LogP contribution in [-0.4, -0.2) is 77.7 Å². The second kappa shape index (κ2) is 14.0. The predicted molar refractivity (Wildman–Crippen MR) is 173 cm³/mol. The number of aryl methyl sites for hydroxylation is 2. The molecule has 1 spiro atoms. The number of esters is 1. The molecule has 3 saturated heterocycles. The molecule has 3 heterocycles. The zero-order valence-electron chi connectivity index (χ0n) is 26.5. The molecule has 2 aromatic carbocycles. The van der Waals surface area contributed by atoms with E-state index in [1.807, 2.05) is 62.4 Å². The number of nitrogens with zero attached hydrogens (tertiary/aromatic N) is 2. The van der Waals surface area contributed by atoms with Crippen LogP contribution in [0.15, 0.2) is 73.8 Å². The lowest BCUT2D eigenvalue weighted by atomic mass is 9.70. The van der Waals surface area contributed by atoms with Crippen molar-refractivity contribution >= 4 is 29.4 Å². The molecule has 2 bridgehead atoms. The van der Waals surface area contributed by atoms with Gasteiger partial charge in [-0.15, -0.1) is 13.2 Å². The number of allylic oxidation sites excluding steroid dienone is 1. The van der Waals surface area contributed by atoms with Gasteiger partial charge < -0.3 is 29.7 Å². The number of carbonyl (C=O) groups is 4. The Bertz CT molecular complexity index is 1470. The summed E-state index contributed by atoms with van der Waals surface area (Å²) in [4.78, 5) is 58.3. The molecule has 10 heteroatoms. The van der Waals surface area contributed by atoms with Crippen molar-refractivity contribution in [3.63, 3.8) is 0 Å². The number of aliphatic hydroxyl groups is 1. The molecule has 5 rings (SSSR count). The molecule has 3 aliphatic rings. The first kappa shape index (κ1) is 33.1. The second-order valence-corrected chi connectivity index (χ2v) is 12.3. The average Bonchev–Trinajstić information content (AvgIpc) is 3.69. The highest BCUT2D eigenvalue weighted by atomic mass is 16.6. The molecule has 3 fully saturated rings. The number of amides is 3. The largest absolute Gasteiger partial charge is 0.455 e. The highest BCUT2D eigenvalue weighted by Crippen LogP contribution is 2.59. The Balaban J connectivity index is 1.45. The fourth-order valence-electron chi connectivity index (χ4n) is 7.49. The first-order valence-electron chi connectivity index (χ1n) is 15.9. The first-order valence-corrected chi connectivity index (χ1v) is 15.9. The summed E-state index contributed by atoms with van der Waals surface area (Å²) >= 11 is 0. The van der Waals surface area contributed by atoms with Crippen LogP contribution in [0.4, 0.5) is 5.69 Å². The molecular weight excluding hydrogens is 586 g/mol. The van der Waals surface area contributed by atoms with Gasteiger partial charge >= 0.3 is 5.97 Å². The van der Waals surface area contributed by atoms with Crippen molar-refractivity contribution in [2.24, 2.45) is 11.8 Å². The number of aliphatic hydroxyl groups excluding tert-OH is 1. The zero-order valence-corrected chi connectivity index (χ0v) is 26.5. The highest BCUT2D eigenvalue weighted by molar-refractivity contribution is 6.05. The minimum absolute atomic E-state index is 0.0533. The number of hydrogen-bond donors (Lipinski definition) is 2. The van der Waals surface area contributed by atoms with Crippen molar-refractivity contribution in [3.8, 4) is 0 Å². The molecule has 6 atom stereocenters. The maximum atomic E-state index is 14.6. The van der Waals surface area contributed by atoms with Crippen LogP contribution >= 0.6 is 0 Å². The van der Waals surface area contributed by atoms with Crippen LogP contribution in [0.5, 0.6) is 0 Å². The van der Waals surface area contributed by atoms with E-state index in [2.05, 4.69) is 18.5 Å². The number of fused-ring (bicyclic) bond motifs is 1. The maximum absolute atomic E-state index is 14.6. The van der Waals surface area contributed by atoms with Gasteiger partial charge in [-0.2, -0.15) is 0 Å². The lowest BCUT2D eigenvalue weighted by Crippen LogP contribution is -2.57. The van der Waals surface area contributed by atoms with Gasteiger partial charge in [0.15, 0.2) is 0 Å². The van der Waals surface area contributed by atoms with Crippen LogP contribution in [0.2, 0.25) is 0 Å². The number of nitrogens with one attached hydrogen (secondary N) is 1. The van der Waals surface area contributed by atoms with Crippen molar-refractivity contribution in [1.82, 2.24) is 10.2 Å². The minimum Gasteiger partial charge on any atom is -0.455 e. The summed E-state index contributed by atoms with van der Waals surface area (Å²) in [5.74, 6) is -3.48. The molecule has 2 N–H and O–H groups in total. The third-order valence-electron chi connectivity index (χ3n) is 9.42. The van der Waals surface area contributed by atoms with Crippen LogP contribution in [0.25, 0.3) is 0 Å². The number of hydrogen-bond acceptors (Lipinski definition) is 7. The number of ether oxygens (including phenoxy) is 2.